The number of carbonyl (C=O) groups is 1. The molecule has 0 spiro atoms. The van der Waals surface area contributed by atoms with Crippen molar-refractivity contribution in [2.45, 2.75) is 51.7 Å². The molecule has 0 unspecified atom stereocenters. The van der Waals surface area contributed by atoms with Crippen LogP contribution in [0.1, 0.15) is 40.0 Å². The number of hydrogen-bond donors (Lipinski definition) is 2. The van der Waals surface area contributed by atoms with Crippen molar-refractivity contribution < 1.29 is 14.6 Å². The van der Waals surface area contributed by atoms with Gasteiger partial charge in [-0.1, -0.05) is 6.42 Å². The second-order valence-electron chi connectivity index (χ2n) is 5.44. The Morgan fingerprint density at radius 3 is 2.75 bits per heavy atom. The molecular formula is C12H23NO3. The first-order valence-electron chi connectivity index (χ1n) is 6.02. The van der Waals surface area contributed by atoms with Crippen LogP contribution in [-0.4, -0.2) is 35.9 Å². The Hall–Kier alpha value is -0.610. The minimum Gasteiger partial charge on any atom is -0.458 e. The minimum absolute atomic E-state index is 0.0163. The lowest BCUT2D eigenvalue weighted by molar-refractivity contribution is -0.168. The molecule has 0 radical (unpaired) electrons. The molecule has 1 saturated heterocycles. The van der Waals surface area contributed by atoms with E-state index in [9.17, 15) is 9.90 Å². The molecule has 0 aliphatic carbocycles. The second kappa shape index (κ2) is 5.64. The Kier molecular flexibility index (Phi) is 4.74. The van der Waals surface area contributed by atoms with E-state index in [-0.39, 0.29) is 5.92 Å². The fraction of sp³-hybridized carbons (Fsp3) is 0.917. The molecule has 2 atom stereocenters. The molecule has 1 rings (SSSR count). The SMILES string of the molecule is CC(C)(C)OC(=O)[C@H](O)[C@@H]1CCCCNC1. The van der Waals surface area contributed by atoms with E-state index in [1.54, 1.807) is 0 Å². The van der Waals surface area contributed by atoms with Crippen LogP contribution < -0.4 is 5.32 Å². The standard InChI is InChI=1S/C12H23NO3/c1-12(2,3)16-11(15)10(14)9-6-4-5-7-13-8-9/h9-10,13-14H,4-8H2,1-3H3/t9-,10-/m1/s1. The van der Waals surface area contributed by atoms with E-state index in [2.05, 4.69) is 5.32 Å². The Labute approximate surface area is 97.4 Å². The van der Waals surface area contributed by atoms with Gasteiger partial charge in [-0.25, -0.2) is 4.79 Å². The van der Waals surface area contributed by atoms with Crippen molar-refractivity contribution in [1.29, 1.82) is 0 Å². The van der Waals surface area contributed by atoms with Crippen molar-refractivity contribution in [3.05, 3.63) is 0 Å². The molecule has 4 heteroatoms. The summed E-state index contributed by atoms with van der Waals surface area (Å²) in [4.78, 5) is 11.7. The molecule has 0 saturated carbocycles. The van der Waals surface area contributed by atoms with Crippen LogP contribution in [0.2, 0.25) is 0 Å². The van der Waals surface area contributed by atoms with Crippen molar-refractivity contribution in [2.75, 3.05) is 13.1 Å². The van der Waals surface area contributed by atoms with Crippen molar-refractivity contribution >= 4 is 5.97 Å². The average molecular weight is 229 g/mol. The molecule has 0 aromatic rings. The molecule has 0 aromatic heterocycles. The number of nitrogens with one attached hydrogen (secondary N) is 1. The summed E-state index contributed by atoms with van der Waals surface area (Å²) in [5, 5.41) is 13.1. The number of esters is 1. The number of hydrogen-bond acceptors (Lipinski definition) is 4. The third kappa shape index (κ3) is 4.49. The monoisotopic (exact) mass is 229 g/mol. The maximum atomic E-state index is 11.7. The van der Waals surface area contributed by atoms with E-state index in [1.807, 2.05) is 20.8 Å². The van der Waals surface area contributed by atoms with Gasteiger partial charge in [-0.05, 0) is 40.2 Å². The number of aliphatic hydroxyl groups is 1. The van der Waals surface area contributed by atoms with Crippen molar-refractivity contribution in [1.82, 2.24) is 5.32 Å². The smallest absolute Gasteiger partial charge is 0.335 e. The van der Waals surface area contributed by atoms with Crippen LogP contribution in [0.15, 0.2) is 0 Å². The largest absolute Gasteiger partial charge is 0.458 e. The normalized spacial score (nSPS) is 24.6. The molecule has 1 aliphatic rings. The van der Waals surface area contributed by atoms with Gasteiger partial charge in [0.05, 0.1) is 0 Å². The highest BCUT2D eigenvalue weighted by atomic mass is 16.6. The van der Waals surface area contributed by atoms with Gasteiger partial charge in [0, 0.05) is 12.5 Å². The fourth-order valence-electron chi connectivity index (χ4n) is 1.87. The highest BCUT2D eigenvalue weighted by Gasteiger charge is 2.30. The van der Waals surface area contributed by atoms with Crippen LogP contribution in [-0.2, 0) is 9.53 Å². The lowest BCUT2D eigenvalue weighted by Gasteiger charge is -2.25. The predicted octanol–water partition coefficient (Wildman–Crippen LogP) is 1.08. The van der Waals surface area contributed by atoms with Crippen LogP contribution in [0.25, 0.3) is 0 Å². The summed E-state index contributed by atoms with van der Waals surface area (Å²) in [6, 6.07) is 0. The van der Waals surface area contributed by atoms with E-state index in [0.717, 1.165) is 25.8 Å². The Morgan fingerprint density at radius 2 is 2.12 bits per heavy atom. The quantitative estimate of drug-likeness (QED) is 0.696. The first-order valence-corrected chi connectivity index (χ1v) is 6.02. The Morgan fingerprint density at radius 1 is 1.44 bits per heavy atom. The average Bonchev–Trinajstić information content (AvgIpc) is 2.41. The highest BCUT2D eigenvalue weighted by molar-refractivity contribution is 5.75. The summed E-state index contributed by atoms with van der Waals surface area (Å²) in [5.41, 5.74) is -0.532. The highest BCUT2D eigenvalue weighted by Crippen LogP contribution is 2.18. The van der Waals surface area contributed by atoms with Gasteiger partial charge in [0.1, 0.15) is 5.60 Å². The molecule has 16 heavy (non-hydrogen) atoms. The fourth-order valence-corrected chi connectivity index (χ4v) is 1.87. The van der Waals surface area contributed by atoms with Crippen LogP contribution >= 0.6 is 0 Å². The van der Waals surface area contributed by atoms with Crippen molar-refractivity contribution in [2.24, 2.45) is 5.92 Å². The third-order valence-corrected chi connectivity index (χ3v) is 2.68. The topological polar surface area (TPSA) is 58.6 Å². The minimum atomic E-state index is -0.996. The van der Waals surface area contributed by atoms with Crippen LogP contribution in [0.4, 0.5) is 0 Å². The lowest BCUT2D eigenvalue weighted by Crippen LogP contribution is -2.39. The third-order valence-electron chi connectivity index (χ3n) is 2.68. The molecule has 1 heterocycles. The number of aliphatic hydroxyl groups excluding tert-OH is 1. The Bertz CT molecular complexity index is 227. The van der Waals surface area contributed by atoms with Gasteiger partial charge in [0.25, 0.3) is 0 Å². The summed E-state index contributed by atoms with van der Waals surface area (Å²) in [6.45, 7) is 7.09. The van der Waals surface area contributed by atoms with E-state index < -0.39 is 17.7 Å². The summed E-state index contributed by atoms with van der Waals surface area (Å²) in [6.07, 6.45) is 2.05. The molecule has 0 amide bonds. The first-order chi connectivity index (χ1) is 7.40. The molecule has 2 N–H and O–H groups in total. The number of ether oxygens (including phenoxy) is 1. The summed E-state index contributed by atoms with van der Waals surface area (Å²) < 4.78 is 5.18. The number of carbonyl (C=O) groups excluding carboxylic acids is 1. The van der Waals surface area contributed by atoms with Crippen molar-refractivity contribution in [3.8, 4) is 0 Å². The molecule has 4 nitrogen and oxygen atoms in total. The molecular weight excluding hydrogens is 206 g/mol. The molecule has 0 bridgehead atoms. The second-order valence-corrected chi connectivity index (χ2v) is 5.44. The zero-order chi connectivity index (χ0) is 12.2. The van der Waals surface area contributed by atoms with Gasteiger partial charge in [0.2, 0.25) is 0 Å². The van der Waals surface area contributed by atoms with E-state index in [4.69, 9.17) is 4.74 Å². The van der Waals surface area contributed by atoms with Crippen molar-refractivity contribution in [3.63, 3.8) is 0 Å². The van der Waals surface area contributed by atoms with Gasteiger partial charge in [-0.3, -0.25) is 0 Å². The number of rotatable bonds is 2. The molecule has 1 fully saturated rings. The maximum absolute atomic E-state index is 11.7. The molecule has 94 valence electrons. The van der Waals surface area contributed by atoms with Crippen LogP contribution in [0, 0.1) is 5.92 Å². The van der Waals surface area contributed by atoms with Crippen LogP contribution in [0.3, 0.4) is 0 Å². The first kappa shape index (κ1) is 13.5. The van der Waals surface area contributed by atoms with Gasteiger partial charge in [-0.2, -0.15) is 0 Å². The molecule has 1 aliphatic heterocycles. The van der Waals surface area contributed by atoms with E-state index in [0.29, 0.717) is 6.54 Å². The Balaban J connectivity index is 2.48. The summed E-state index contributed by atoms with van der Waals surface area (Å²) in [7, 11) is 0. The predicted molar refractivity (Wildman–Crippen MR) is 62.1 cm³/mol. The van der Waals surface area contributed by atoms with E-state index >= 15 is 0 Å². The van der Waals surface area contributed by atoms with Gasteiger partial charge < -0.3 is 15.2 Å². The lowest BCUT2D eigenvalue weighted by atomic mass is 9.97. The zero-order valence-electron chi connectivity index (χ0n) is 10.5. The zero-order valence-corrected chi connectivity index (χ0v) is 10.5. The molecule has 0 aromatic carbocycles. The van der Waals surface area contributed by atoms with Gasteiger partial charge in [-0.15, -0.1) is 0 Å². The van der Waals surface area contributed by atoms with E-state index in [1.165, 1.54) is 0 Å². The summed E-state index contributed by atoms with van der Waals surface area (Å²) >= 11 is 0. The maximum Gasteiger partial charge on any atom is 0.335 e. The summed E-state index contributed by atoms with van der Waals surface area (Å²) in [5.74, 6) is -0.515. The van der Waals surface area contributed by atoms with Gasteiger partial charge >= 0.3 is 5.97 Å². The van der Waals surface area contributed by atoms with Crippen LogP contribution in [0.5, 0.6) is 0 Å². The van der Waals surface area contributed by atoms with Gasteiger partial charge in [0.15, 0.2) is 6.10 Å².